The minimum Gasteiger partial charge on any atom is -0.492 e. The molecule has 0 unspecified atom stereocenters. The number of carbonyl (C=O) groups excluding carboxylic acids is 2. The topological polar surface area (TPSA) is 127 Å². The number of rotatable bonds is 4. The van der Waals surface area contributed by atoms with Gasteiger partial charge >= 0.3 is 0 Å². The number of nitrogens with one attached hydrogen (secondary N) is 1. The van der Waals surface area contributed by atoms with Crippen molar-refractivity contribution in [3.63, 3.8) is 0 Å². The van der Waals surface area contributed by atoms with E-state index in [0.29, 0.717) is 10.6 Å². The summed E-state index contributed by atoms with van der Waals surface area (Å²) in [5.41, 5.74) is 2.36. The molecule has 3 aromatic rings. The molecule has 2 aromatic carbocycles. The number of non-ortho nitro benzene ring substituents is 1. The monoisotopic (exact) mass is 426 g/mol. The van der Waals surface area contributed by atoms with Crippen LogP contribution in [0.1, 0.15) is 15.2 Å². The van der Waals surface area contributed by atoms with Crippen molar-refractivity contribution < 1.29 is 19.6 Å². The molecule has 29 heavy (non-hydrogen) atoms. The number of nitro benzene ring substituents is 1. The van der Waals surface area contributed by atoms with Crippen LogP contribution in [0.4, 0.5) is 5.69 Å². The zero-order chi connectivity index (χ0) is 20.7. The SMILES string of the molecule is O=C1N=c2ccccc2=C1c1sc(=S)n(NC(=O)c2cccc([N+](=O)[O-])c2)c1O. The number of amides is 2. The first-order chi connectivity index (χ1) is 13.9. The molecule has 0 saturated carbocycles. The molecule has 0 spiro atoms. The molecule has 11 heteroatoms. The minimum absolute atomic E-state index is 0.0122. The van der Waals surface area contributed by atoms with Crippen molar-refractivity contribution in [2.75, 3.05) is 5.43 Å². The van der Waals surface area contributed by atoms with Crippen molar-refractivity contribution in [2.24, 2.45) is 4.99 Å². The van der Waals surface area contributed by atoms with Gasteiger partial charge in [-0.2, -0.15) is 4.68 Å². The summed E-state index contributed by atoms with van der Waals surface area (Å²) in [7, 11) is 0. The lowest BCUT2D eigenvalue weighted by molar-refractivity contribution is -0.384. The van der Waals surface area contributed by atoms with Gasteiger partial charge in [0.25, 0.3) is 17.5 Å². The maximum Gasteiger partial charge on any atom is 0.279 e. The van der Waals surface area contributed by atoms with E-state index in [0.717, 1.165) is 22.1 Å². The molecule has 0 bridgehead atoms. The van der Waals surface area contributed by atoms with Gasteiger partial charge < -0.3 is 5.11 Å². The summed E-state index contributed by atoms with van der Waals surface area (Å²) in [6.07, 6.45) is 0. The molecule has 0 radical (unpaired) electrons. The van der Waals surface area contributed by atoms with Gasteiger partial charge in [-0.1, -0.05) is 35.6 Å². The Morgan fingerprint density at radius 3 is 2.76 bits per heavy atom. The number of thiazole rings is 1. The Hall–Kier alpha value is -3.70. The molecule has 2 N–H and O–H groups in total. The summed E-state index contributed by atoms with van der Waals surface area (Å²) in [5, 5.41) is 22.6. The lowest BCUT2D eigenvalue weighted by atomic mass is 10.1. The van der Waals surface area contributed by atoms with Crippen LogP contribution < -0.4 is 16.0 Å². The van der Waals surface area contributed by atoms with Crippen LogP contribution in [0.5, 0.6) is 5.88 Å². The van der Waals surface area contributed by atoms with Crippen molar-refractivity contribution in [2.45, 2.75) is 0 Å². The van der Waals surface area contributed by atoms with E-state index in [1.807, 2.05) is 0 Å². The van der Waals surface area contributed by atoms with E-state index in [-0.39, 0.29) is 25.7 Å². The number of carbonyl (C=O) groups is 2. The smallest absolute Gasteiger partial charge is 0.279 e. The fourth-order valence-electron chi connectivity index (χ4n) is 2.84. The third-order valence-corrected chi connectivity index (χ3v) is 5.54. The van der Waals surface area contributed by atoms with Crippen LogP contribution in [0.15, 0.2) is 53.5 Å². The van der Waals surface area contributed by atoms with Crippen molar-refractivity contribution in [1.82, 2.24) is 4.68 Å². The van der Waals surface area contributed by atoms with Crippen LogP contribution in [0.3, 0.4) is 0 Å². The highest BCUT2D eigenvalue weighted by Gasteiger charge is 2.26. The van der Waals surface area contributed by atoms with Gasteiger partial charge in [0.2, 0.25) is 5.88 Å². The first-order valence-corrected chi connectivity index (χ1v) is 9.32. The maximum atomic E-state index is 12.5. The summed E-state index contributed by atoms with van der Waals surface area (Å²) < 4.78 is 1.04. The molecule has 0 saturated heterocycles. The van der Waals surface area contributed by atoms with E-state index in [1.54, 1.807) is 24.3 Å². The van der Waals surface area contributed by atoms with E-state index in [2.05, 4.69) is 10.4 Å². The Labute approximate surface area is 171 Å². The third kappa shape index (κ3) is 3.22. The molecule has 2 heterocycles. The van der Waals surface area contributed by atoms with Gasteiger partial charge in [-0.05, 0) is 24.4 Å². The molecule has 9 nitrogen and oxygen atoms in total. The number of nitro groups is 1. The van der Waals surface area contributed by atoms with Crippen LogP contribution in [0.25, 0.3) is 5.57 Å². The van der Waals surface area contributed by atoms with E-state index in [1.165, 1.54) is 18.2 Å². The van der Waals surface area contributed by atoms with E-state index >= 15 is 0 Å². The predicted molar refractivity (Wildman–Crippen MR) is 106 cm³/mol. The maximum absolute atomic E-state index is 12.5. The second-order valence-electron chi connectivity index (χ2n) is 5.91. The zero-order valence-corrected chi connectivity index (χ0v) is 16.0. The Kier molecular flexibility index (Phi) is 4.53. The predicted octanol–water partition coefficient (Wildman–Crippen LogP) is 1.64. The van der Waals surface area contributed by atoms with Gasteiger partial charge in [-0.25, -0.2) is 4.99 Å². The van der Waals surface area contributed by atoms with Gasteiger partial charge in [0.1, 0.15) is 4.88 Å². The minimum atomic E-state index is -0.711. The number of hydrogen-bond acceptors (Lipinski definition) is 7. The Balaban J connectivity index is 1.75. The van der Waals surface area contributed by atoms with Crippen molar-refractivity contribution in [1.29, 1.82) is 0 Å². The highest BCUT2D eigenvalue weighted by Crippen LogP contribution is 2.31. The van der Waals surface area contributed by atoms with E-state index in [4.69, 9.17) is 12.2 Å². The lowest BCUT2D eigenvalue weighted by Crippen LogP contribution is -2.23. The van der Waals surface area contributed by atoms with Crippen molar-refractivity contribution in [3.05, 3.63) is 83.6 Å². The molecule has 0 atom stereocenters. The summed E-state index contributed by atoms with van der Waals surface area (Å²) in [5.74, 6) is -1.65. The quantitative estimate of drug-likeness (QED) is 0.371. The van der Waals surface area contributed by atoms with Crippen LogP contribution in [-0.4, -0.2) is 26.5 Å². The lowest BCUT2D eigenvalue weighted by Gasteiger charge is -2.07. The molecule has 1 aliphatic rings. The summed E-state index contributed by atoms with van der Waals surface area (Å²) >= 11 is 6.15. The number of aromatic nitrogens is 1. The second kappa shape index (κ2) is 7.04. The van der Waals surface area contributed by atoms with Gasteiger partial charge in [0.15, 0.2) is 3.95 Å². The van der Waals surface area contributed by atoms with Gasteiger partial charge in [-0.15, -0.1) is 0 Å². The number of hydrogen-bond donors (Lipinski definition) is 2. The Morgan fingerprint density at radius 2 is 2.00 bits per heavy atom. The van der Waals surface area contributed by atoms with E-state index in [9.17, 15) is 24.8 Å². The fourth-order valence-corrected chi connectivity index (χ4v) is 4.10. The number of para-hydroxylation sites is 1. The van der Waals surface area contributed by atoms with Crippen LogP contribution >= 0.6 is 23.6 Å². The first kappa shape index (κ1) is 18.7. The second-order valence-corrected chi connectivity index (χ2v) is 7.56. The molecule has 4 rings (SSSR count). The highest BCUT2D eigenvalue weighted by atomic mass is 32.1. The van der Waals surface area contributed by atoms with E-state index < -0.39 is 22.6 Å². The summed E-state index contributed by atoms with van der Waals surface area (Å²) in [6, 6.07) is 12.0. The molecule has 0 fully saturated rings. The third-order valence-electron chi connectivity index (χ3n) is 4.16. The number of benzene rings is 2. The zero-order valence-electron chi connectivity index (χ0n) is 14.4. The molecule has 2 amide bonds. The van der Waals surface area contributed by atoms with Gasteiger partial charge in [0.05, 0.1) is 15.9 Å². The van der Waals surface area contributed by atoms with Gasteiger partial charge in [0, 0.05) is 22.9 Å². The number of nitrogens with zero attached hydrogens (tertiary/aromatic N) is 3. The number of fused-ring (bicyclic) bond motifs is 1. The van der Waals surface area contributed by atoms with Crippen LogP contribution in [-0.2, 0) is 4.79 Å². The first-order valence-electron chi connectivity index (χ1n) is 8.10. The molecule has 144 valence electrons. The normalized spacial score (nSPS) is 12.4. The molecule has 0 aliphatic carbocycles. The highest BCUT2D eigenvalue weighted by molar-refractivity contribution is 7.73. The van der Waals surface area contributed by atoms with Crippen molar-refractivity contribution in [3.8, 4) is 5.88 Å². The summed E-state index contributed by atoms with van der Waals surface area (Å²) in [6.45, 7) is 0. The molecule has 1 aliphatic heterocycles. The largest absolute Gasteiger partial charge is 0.492 e. The summed E-state index contributed by atoms with van der Waals surface area (Å²) in [4.78, 5) is 39.2. The molecular weight excluding hydrogens is 416 g/mol. The molecular formula is C18H10N4O5S2. The average molecular weight is 426 g/mol. The Morgan fingerprint density at radius 1 is 1.24 bits per heavy atom. The average Bonchev–Trinajstić information content (AvgIpc) is 3.17. The van der Waals surface area contributed by atoms with Crippen LogP contribution in [0.2, 0.25) is 0 Å². The number of aromatic hydroxyl groups is 1. The standard InChI is InChI=1S/C18H10N4O5S2/c23-15(9-4-3-5-10(8-9)22(26)27)20-21-17(25)14(29-18(21)28)13-11-6-1-2-7-12(11)19-16(13)24/h1-8,25H,(H,20,23). The van der Waals surface area contributed by atoms with Crippen molar-refractivity contribution >= 4 is 46.6 Å². The van der Waals surface area contributed by atoms with Crippen LogP contribution in [0, 0.1) is 14.1 Å². The Bertz CT molecular complexity index is 1390. The van der Waals surface area contributed by atoms with Gasteiger partial charge in [-0.3, -0.25) is 25.1 Å². The molecule has 1 aromatic heterocycles. The fraction of sp³-hybridized carbons (Fsp3) is 0.